The van der Waals surface area contributed by atoms with E-state index >= 15 is 0 Å². The molecule has 10 heteroatoms. The van der Waals surface area contributed by atoms with Crippen molar-refractivity contribution < 1.29 is 19.1 Å². The van der Waals surface area contributed by atoms with E-state index in [1.807, 2.05) is 32.0 Å². The summed E-state index contributed by atoms with van der Waals surface area (Å²) in [7, 11) is 3.12. The van der Waals surface area contributed by atoms with Gasteiger partial charge in [0, 0.05) is 36.4 Å². The molecule has 4 rings (SSSR count). The molecule has 1 saturated carbocycles. The van der Waals surface area contributed by atoms with Crippen LogP contribution < -0.4 is 14.8 Å². The van der Waals surface area contributed by atoms with Gasteiger partial charge in [-0.05, 0) is 56.5 Å². The third-order valence-electron chi connectivity index (χ3n) is 6.93. The lowest BCUT2D eigenvalue weighted by Gasteiger charge is -2.45. The van der Waals surface area contributed by atoms with Gasteiger partial charge in [-0.25, -0.2) is 9.97 Å². The Morgan fingerprint density at radius 3 is 2.41 bits per heavy atom. The minimum Gasteiger partial charge on any atom is -0.497 e. The summed E-state index contributed by atoms with van der Waals surface area (Å²) in [6.07, 6.45) is 7.26. The predicted molar refractivity (Wildman–Crippen MR) is 151 cm³/mol. The fourth-order valence-electron chi connectivity index (χ4n) is 5.01. The van der Waals surface area contributed by atoms with Crippen molar-refractivity contribution >= 4 is 29.3 Å². The summed E-state index contributed by atoms with van der Waals surface area (Å²) in [4.78, 5) is 43.1. The average molecular weight is 550 g/mol. The molecule has 0 atom stereocenters. The summed E-state index contributed by atoms with van der Waals surface area (Å²) in [6, 6.07) is 10.9. The topological polar surface area (TPSA) is 107 Å². The highest BCUT2D eigenvalue weighted by Crippen LogP contribution is 2.38. The predicted octanol–water partition coefficient (Wildman–Crippen LogP) is 4.97. The lowest BCUT2D eigenvalue weighted by molar-refractivity contribution is -0.146. The van der Waals surface area contributed by atoms with E-state index in [-0.39, 0.29) is 24.1 Å². The van der Waals surface area contributed by atoms with Gasteiger partial charge in [0.2, 0.25) is 11.8 Å². The molecule has 2 heterocycles. The summed E-state index contributed by atoms with van der Waals surface area (Å²) in [5.41, 5.74) is 2.06. The number of nitrogens with one attached hydrogen (secondary N) is 1. The highest BCUT2D eigenvalue weighted by atomic mass is 32.2. The Morgan fingerprint density at radius 1 is 1.03 bits per heavy atom. The first-order valence-corrected chi connectivity index (χ1v) is 14.0. The average Bonchev–Trinajstić information content (AvgIpc) is 2.95. The lowest BCUT2D eigenvalue weighted by Crippen LogP contribution is -2.60. The zero-order chi connectivity index (χ0) is 27.8. The van der Waals surface area contributed by atoms with Crippen molar-refractivity contribution in [2.45, 2.75) is 63.2 Å². The van der Waals surface area contributed by atoms with E-state index in [2.05, 4.69) is 20.3 Å². The van der Waals surface area contributed by atoms with Crippen LogP contribution in [-0.2, 0) is 16.1 Å². The third kappa shape index (κ3) is 6.86. The number of amides is 2. The number of benzene rings is 1. The lowest BCUT2D eigenvalue weighted by atomic mass is 9.79. The highest BCUT2D eigenvalue weighted by Gasteiger charge is 2.47. The molecule has 3 aromatic rings. The second kappa shape index (κ2) is 12.9. The molecule has 1 fully saturated rings. The molecule has 2 aromatic heterocycles. The molecule has 9 nitrogen and oxygen atoms in total. The number of carbonyl (C=O) groups is 2. The van der Waals surface area contributed by atoms with E-state index in [0.29, 0.717) is 35.2 Å². The molecule has 1 aromatic carbocycles. The number of thioether (sulfide) groups is 1. The van der Waals surface area contributed by atoms with Gasteiger partial charge in [0.1, 0.15) is 17.0 Å². The summed E-state index contributed by atoms with van der Waals surface area (Å²) < 4.78 is 10.8. The standard InChI is InChI=1S/C29H35N5O4S/c1-20-15-21(2)32-28(31-20)39-19-26(35)34(18-22-9-8-14-30-17-22)29(12-6-5-7-13-29)27(36)33-24-11-10-23(37-3)16-25(24)38-4/h8-11,14-17H,5-7,12-13,18-19H2,1-4H3,(H,33,36). The van der Waals surface area contributed by atoms with E-state index in [1.54, 1.807) is 49.7 Å². The number of pyridine rings is 1. The van der Waals surface area contributed by atoms with E-state index in [4.69, 9.17) is 9.47 Å². The maximum atomic E-state index is 14.2. The Hall–Kier alpha value is -3.66. The van der Waals surface area contributed by atoms with Crippen molar-refractivity contribution in [1.82, 2.24) is 19.9 Å². The van der Waals surface area contributed by atoms with Gasteiger partial charge in [-0.2, -0.15) is 0 Å². The quantitative estimate of drug-likeness (QED) is 0.279. The third-order valence-corrected chi connectivity index (χ3v) is 7.76. The van der Waals surface area contributed by atoms with Gasteiger partial charge in [0.25, 0.3) is 0 Å². The second-order valence-electron chi connectivity index (χ2n) is 9.68. The van der Waals surface area contributed by atoms with Crippen molar-refractivity contribution in [3.8, 4) is 11.5 Å². The van der Waals surface area contributed by atoms with E-state index in [9.17, 15) is 9.59 Å². The Kier molecular flexibility index (Phi) is 9.40. The highest BCUT2D eigenvalue weighted by molar-refractivity contribution is 7.99. The number of ether oxygens (including phenoxy) is 2. The Bertz CT molecular complexity index is 1280. The van der Waals surface area contributed by atoms with Crippen molar-refractivity contribution in [2.75, 3.05) is 25.3 Å². The summed E-state index contributed by atoms with van der Waals surface area (Å²) in [5.74, 6) is 0.850. The first-order chi connectivity index (χ1) is 18.8. The molecule has 1 N–H and O–H groups in total. The zero-order valence-corrected chi connectivity index (χ0v) is 23.7. The molecule has 0 bridgehead atoms. The molecule has 1 aliphatic rings. The van der Waals surface area contributed by atoms with Crippen molar-refractivity contribution in [3.63, 3.8) is 0 Å². The molecule has 2 amide bonds. The monoisotopic (exact) mass is 549 g/mol. The summed E-state index contributed by atoms with van der Waals surface area (Å²) in [6.45, 7) is 4.09. The van der Waals surface area contributed by atoms with Crippen LogP contribution in [0.3, 0.4) is 0 Å². The summed E-state index contributed by atoms with van der Waals surface area (Å²) in [5, 5.41) is 3.62. The minimum atomic E-state index is -1.03. The number of aryl methyl sites for hydroxylation is 2. The molecule has 0 aliphatic heterocycles. The van der Waals surface area contributed by atoms with Crippen LogP contribution in [0.15, 0.2) is 53.9 Å². The van der Waals surface area contributed by atoms with Crippen LogP contribution in [0.1, 0.15) is 49.1 Å². The maximum absolute atomic E-state index is 14.2. The first-order valence-electron chi connectivity index (χ1n) is 13.0. The number of hydrogen-bond donors (Lipinski definition) is 1. The van der Waals surface area contributed by atoms with Crippen LogP contribution in [-0.4, -0.2) is 57.2 Å². The van der Waals surface area contributed by atoms with Gasteiger partial charge in [0.15, 0.2) is 5.16 Å². The van der Waals surface area contributed by atoms with Gasteiger partial charge < -0.3 is 19.7 Å². The van der Waals surface area contributed by atoms with Crippen LogP contribution in [0.25, 0.3) is 0 Å². The zero-order valence-electron chi connectivity index (χ0n) is 22.9. The number of methoxy groups -OCH3 is 2. The maximum Gasteiger partial charge on any atom is 0.250 e. The molecule has 206 valence electrons. The smallest absolute Gasteiger partial charge is 0.250 e. The van der Waals surface area contributed by atoms with Gasteiger partial charge >= 0.3 is 0 Å². The molecular formula is C29H35N5O4S. The van der Waals surface area contributed by atoms with E-state index < -0.39 is 5.54 Å². The first kappa shape index (κ1) is 28.4. The minimum absolute atomic E-state index is 0.115. The molecular weight excluding hydrogens is 514 g/mol. The normalized spacial score (nSPS) is 14.4. The molecule has 0 saturated heterocycles. The Balaban J connectivity index is 1.66. The number of anilines is 1. The largest absolute Gasteiger partial charge is 0.497 e. The Labute approximate surface area is 233 Å². The number of carbonyl (C=O) groups excluding carboxylic acids is 2. The van der Waals surface area contributed by atoms with Crippen LogP contribution in [0.4, 0.5) is 5.69 Å². The molecule has 1 aliphatic carbocycles. The number of nitrogens with zero attached hydrogens (tertiary/aromatic N) is 4. The van der Waals surface area contributed by atoms with Gasteiger partial charge in [0.05, 0.1) is 25.7 Å². The summed E-state index contributed by atoms with van der Waals surface area (Å²) >= 11 is 1.29. The Morgan fingerprint density at radius 2 is 1.77 bits per heavy atom. The van der Waals surface area contributed by atoms with Crippen LogP contribution >= 0.6 is 11.8 Å². The van der Waals surface area contributed by atoms with Gasteiger partial charge in [-0.3, -0.25) is 14.6 Å². The van der Waals surface area contributed by atoms with E-state index in [1.165, 1.54) is 11.8 Å². The van der Waals surface area contributed by atoms with E-state index in [0.717, 1.165) is 36.2 Å². The van der Waals surface area contributed by atoms with Crippen LogP contribution in [0.2, 0.25) is 0 Å². The van der Waals surface area contributed by atoms with Gasteiger partial charge in [-0.1, -0.05) is 37.1 Å². The fraction of sp³-hybridized carbons (Fsp3) is 0.414. The van der Waals surface area contributed by atoms with Gasteiger partial charge in [-0.15, -0.1) is 0 Å². The van der Waals surface area contributed by atoms with Crippen LogP contribution in [0.5, 0.6) is 11.5 Å². The second-order valence-corrected chi connectivity index (χ2v) is 10.6. The SMILES string of the molecule is COc1ccc(NC(=O)C2(N(Cc3cccnc3)C(=O)CSc3nc(C)cc(C)n3)CCCCC2)c(OC)c1. The van der Waals surface area contributed by atoms with Crippen molar-refractivity contribution in [3.05, 3.63) is 65.7 Å². The van der Waals surface area contributed by atoms with Crippen LogP contribution in [0, 0.1) is 13.8 Å². The molecule has 0 spiro atoms. The number of hydrogen-bond acceptors (Lipinski definition) is 8. The number of rotatable bonds is 10. The molecule has 39 heavy (non-hydrogen) atoms. The fourth-order valence-corrected chi connectivity index (χ4v) is 5.84. The van der Waals surface area contributed by atoms with Crippen molar-refractivity contribution in [1.29, 1.82) is 0 Å². The molecule has 0 radical (unpaired) electrons. The number of aromatic nitrogens is 3. The molecule has 0 unspecified atom stereocenters. The van der Waals surface area contributed by atoms with Crippen molar-refractivity contribution in [2.24, 2.45) is 0 Å².